The zero-order valence-electron chi connectivity index (χ0n) is 18.4. The highest BCUT2D eigenvalue weighted by atomic mass is 16.2. The van der Waals surface area contributed by atoms with Gasteiger partial charge in [-0.05, 0) is 31.2 Å². The summed E-state index contributed by atoms with van der Waals surface area (Å²) in [5, 5.41) is 6.11. The zero-order valence-corrected chi connectivity index (χ0v) is 18.4. The molecule has 0 unspecified atom stereocenters. The Balaban J connectivity index is 1.44. The molecular formula is C27H30N3O2+. The summed E-state index contributed by atoms with van der Waals surface area (Å²) in [5.41, 5.74) is 3.79. The molecule has 164 valence electrons. The molecule has 0 bridgehead atoms. The van der Waals surface area contributed by atoms with Crippen LogP contribution in [0.2, 0.25) is 0 Å². The fraction of sp³-hybridized carbons (Fsp3) is 0.259. The van der Waals surface area contributed by atoms with E-state index in [0.29, 0.717) is 0 Å². The number of likely N-dealkylation sites (tertiary alicyclic amines) is 1. The summed E-state index contributed by atoms with van der Waals surface area (Å²) in [4.78, 5) is 27.3. The van der Waals surface area contributed by atoms with Crippen LogP contribution >= 0.6 is 0 Å². The summed E-state index contributed by atoms with van der Waals surface area (Å²) in [6, 6.07) is 27.1. The molecule has 1 aliphatic heterocycles. The lowest BCUT2D eigenvalue weighted by Gasteiger charge is -2.33. The first-order valence-electron chi connectivity index (χ1n) is 11.2. The third-order valence-electron chi connectivity index (χ3n) is 6.16. The number of hydrogen-bond donors (Lipinski definition) is 3. The van der Waals surface area contributed by atoms with Crippen molar-refractivity contribution in [3.8, 4) is 0 Å². The first-order valence-corrected chi connectivity index (χ1v) is 11.2. The van der Waals surface area contributed by atoms with Gasteiger partial charge in [-0.1, -0.05) is 66.2 Å². The van der Waals surface area contributed by atoms with E-state index < -0.39 is 0 Å². The van der Waals surface area contributed by atoms with E-state index in [4.69, 9.17) is 0 Å². The van der Waals surface area contributed by atoms with E-state index in [0.717, 1.165) is 48.4 Å². The van der Waals surface area contributed by atoms with Crippen molar-refractivity contribution in [1.29, 1.82) is 0 Å². The Labute approximate surface area is 189 Å². The average molecular weight is 429 g/mol. The number of para-hydroxylation sites is 1. The molecule has 0 spiro atoms. The SMILES string of the molecule is Cc1ccc(NC(=O)[C@@H](c2ccccc2)[NH+]2CCC(C(=O)Nc3ccccc3)CC2)cc1. The number of anilines is 2. The smallest absolute Gasteiger partial charge is 0.287 e. The number of aryl methyl sites for hydroxylation is 1. The summed E-state index contributed by atoms with van der Waals surface area (Å²) in [5.74, 6) is 0.0217. The van der Waals surface area contributed by atoms with Crippen LogP contribution in [0.1, 0.15) is 30.0 Å². The maximum atomic E-state index is 13.3. The van der Waals surface area contributed by atoms with Crippen molar-refractivity contribution in [2.24, 2.45) is 5.92 Å². The fourth-order valence-corrected chi connectivity index (χ4v) is 4.37. The van der Waals surface area contributed by atoms with E-state index in [1.54, 1.807) is 0 Å². The summed E-state index contributed by atoms with van der Waals surface area (Å²) < 4.78 is 0. The molecule has 32 heavy (non-hydrogen) atoms. The van der Waals surface area contributed by atoms with Crippen LogP contribution < -0.4 is 15.5 Å². The van der Waals surface area contributed by atoms with Gasteiger partial charge in [0.15, 0.2) is 6.04 Å². The third kappa shape index (κ3) is 5.42. The fourth-order valence-electron chi connectivity index (χ4n) is 4.37. The van der Waals surface area contributed by atoms with Crippen LogP contribution in [0.3, 0.4) is 0 Å². The van der Waals surface area contributed by atoms with Crippen molar-refractivity contribution in [3.63, 3.8) is 0 Å². The van der Waals surface area contributed by atoms with Gasteiger partial charge in [0.2, 0.25) is 5.91 Å². The molecule has 0 aromatic heterocycles. The monoisotopic (exact) mass is 428 g/mol. The summed E-state index contributed by atoms with van der Waals surface area (Å²) in [6.45, 7) is 3.57. The highest BCUT2D eigenvalue weighted by Crippen LogP contribution is 2.19. The van der Waals surface area contributed by atoms with Crippen molar-refractivity contribution < 1.29 is 14.5 Å². The minimum Gasteiger partial charge on any atom is -0.326 e. The van der Waals surface area contributed by atoms with E-state index in [9.17, 15) is 9.59 Å². The number of hydrogen-bond acceptors (Lipinski definition) is 2. The molecular weight excluding hydrogens is 398 g/mol. The van der Waals surface area contributed by atoms with Gasteiger partial charge >= 0.3 is 0 Å². The highest BCUT2D eigenvalue weighted by molar-refractivity contribution is 5.95. The molecule has 4 rings (SSSR count). The first kappa shape index (κ1) is 21.8. The number of carbonyl (C=O) groups excluding carboxylic acids is 2. The lowest BCUT2D eigenvalue weighted by molar-refractivity contribution is -0.927. The Kier molecular flexibility index (Phi) is 6.97. The molecule has 1 aliphatic rings. The minimum absolute atomic E-state index is 0.0118. The number of benzene rings is 3. The van der Waals surface area contributed by atoms with Gasteiger partial charge < -0.3 is 15.5 Å². The van der Waals surface area contributed by atoms with Crippen molar-refractivity contribution in [1.82, 2.24) is 0 Å². The Bertz CT molecular complexity index is 1030. The Morgan fingerprint density at radius 2 is 1.34 bits per heavy atom. The lowest BCUT2D eigenvalue weighted by atomic mass is 9.93. The average Bonchev–Trinajstić information content (AvgIpc) is 2.82. The molecule has 1 heterocycles. The van der Waals surface area contributed by atoms with Crippen LogP contribution in [-0.4, -0.2) is 24.9 Å². The van der Waals surface area contributed by atoms with Crippen LogP contribution in [0.5, 0.6) is 0 Å². The van der Waals surface area contributed by atoms with E-state index in [1.165, 1.54) is 4.90 Å². The van der Waals surface area contributed by atoms with Crippen molar-refractivity contribution in [2.75, 3.05) is 23.7 Å². The number of amides is 2. The molecule has 0 saturated carbocycles. The molecule has 1 saturated heterocycles. The number of rotatable bonds is 6. The van der Waals surface area contributed by atoms with Gasteiger partial charge in [-0.25, -0.2) is 0 Å². The normalized spacial score (nSPS) is 19.0. The van der Waals surface area contributed by atoms with Crippen molar-refractivity contribution >= 4 is 23.2 Å². The highest BCUT2D eigenvalue weighted by Gasteiger charge is 2.36. The molecule has 5 heteroatoms. The Morgan fingerprint density at radius 3 is 1.97 bits per heavy atom. The van der Waals surface area contributed by atoms with E-state index in [-0.39, 0.29) is 23.8 Å². The van der Waals surface area contributed by atoms with E-state index >= 15 is 0 Å². The van der Waals surface area contributed by atoms with Gasteiger partial charge in [-0.3, -0.25) is 9.59 Å². The summed E-state index contributed by atoms with van der Waals surface area (Å²) >= 11 is 0. The van der Waals surface area contributed by atoms with E-state index in [1.807, 2.05) is 91.9 Å². The molecule has 3 N–H and O–H groups in total. The molecule has 0 radical (unpaired) electrons. The van der Waals surface area contributed by atoms with Gasteiger partial charge in [0.1, 0.15) is 0 Å². The van der Waals surface area contributed by atoms with Gasteiger partial charge in [-0.2, -0.15) is 0 Å². The molecule has 1 atom stereocenters. The second kappa shape index (κ2) is 10.2. The zero-order chi connectivity index (χ0) is 22.3. The number of carbonyl (C=O) groups is 2. The van der Waals surface area contributed by atoms with Gasteiger partial charge in [0.05, 0.1) is 13.1 Å². The molecule has 2 amide bonds. The molecule has 5 nitrogen and oxygen atoms in total. The second-order valence-electron chi connectivity index (χ2n) is 8.49. The van der Waals surface area contributed by atoms with Gasteiger partial charge in [0.25, 0.3) is 5.91 Å². The molecule has 3 aromatic rings. The predicted octanol–water partition coefficient (Wildman–Crippen LogP) is 3.61. The summed E-state index contributed by atoms with van der Waals surface area (Å²) in [7, 11) is 0. The predicted molar refractivity (Wildman–Crippen MR) is 127 cm³/mol. The van der Waals surface area contributed by atoms with E-state index in [2.05, 4.69) is 10.6 Å². The van der Waals surface area contributed by atoms with Gasteiger partial charge in [-0.15, -0.1) is 0 Å². The van der Waals surface area contributed by atoms with Crippen LogP contribution in [0.4, 0.5) is 11.4 Å². The van der Waals surface area contributed by atoms with Crippen LogP contribution in [0, 0.1) is 12.8 Å². The van der Waals surface area contributed by atoms with Crippen LogP contribution in [-0.2, 0) is 9.59 Å². The first-order chi connectivity index (χ1) is 15.6. The molecule has 1 fully saturated rings. The summed E-state index contributed by atoms with van der Waals surface area (Å²) in [6.07, 6.45) is 1.52. The topological polar surface area (TPSA) is 62.6 Å². The number of piperidine rings is 1. The maximum Gasteiger partial charge on any atom is 0.287 e. The maximum absolute atomic E-state index is 13.3. The van der Waals surface area contributed by atoms with Crippen molar-refractivity contribution in [2.45, 2.75) is 25.8 Å². The second-order valence-corrected chi connectivity index (χ2v) is 8.49. The van der Waals surface area contributed by atoms with Crippen LogP contribution in [0.25, 0.3) is 0 Å². The lowest BCUT2D eigenvalue weighted by Crippen LogP contribution is -3.14. The molecule has 0 aliphatic carbocycles. The number of nitrogens with one attached hydrogen (secondary N) is 3. The standard InChI is InChI=1S/C27H29N3O2/c1-20-12-14-24(15-13-20)29-27(32)25(21-8-4-2-5-9-21)30-18-16-22(17-19-30)26(31)28-23-10-6-3-7-11-23/h2-15,22,25H,16-19H2,1H3,(H,28,31)(H,29,32)/p+1/t25-/m1/s1. The van der Waals surface area contributed by atoms with Gasteiger partial charge in [0, 0.05) is 35.7 Å². The molecule has 3 aromatic carbocycles. The Morgan fingerprint density at radius 1 is 0.781 bits per heavy atom. The third-order valence-corrected chi connectivity index (χ3v) is 6.16. The number of quaternary nitrogens is 1. The quantitative estimate of drug-likeness (QED) is 0.562. The van der Waals surface area contributed by atoms with Crippen molar-refractivity contribution in [3.05, 3.63) is 96.1 Å². The largest absolute Gasteiger partial charge is 0.326 e. The van der Waals surface area contributed by atoms with Crippen LogP contribution in [0.15, 0.2) is 84.9 Å². The Hall–Kier alpha value is -3.44. The minimum atomic E-state index is -0.310.